The first-order chi connectivity index (χ1) is 10.3. The zero-order valence-corrected chi connectivity index (χ0v) is 14.4. The van der Waals surface area contributed by atoms with E-state index in [2.05, 4.69) is 10.6 Å². The number of hydrogen-bond donors (Lipinski definition) is 3. The molecule has 1 amide bonds. The van der Waals surface area contributed by atoms with Crippen LogP contribution in [-0.4, -0.2) is 36.4 Å². The summed E-state index contributed by atoms with van der Waals surface area (Å²) in [4.78, 5) is 11.9. The van der Waals surface area contributed by atoms with Gasteiger partial charge in [0, 0.05) is 24.7 Å². The molecule has 1 atom stereocenters. The van der Waals surface area contributed by atoms with E-state index in [1.54, 1.807) is 0 Å². The summed E-state index contributed by atoms with van der Waals surface area (Å²) in [5.74, 6) is 0.653. The molecule has 0 spiro atoms. The maximum atomic E-state index is 11.9. The normalized spacial score (nSPS) is 27.8. The number of carbonyl (C=O) groups is 1. The maximum absolute atomic E-state index is 11.9. The van der Waals surface area contributed by atoms with Crippen molar-refractivity contribution in [1.29, 1.82) is 0 Å². The molecule has 0 radical (unpaired) electrons. The van der Waals surface area contributed by atoms with Crippen LogP contribution < -0.4 is 16.4 Å². The van der Waals surface area contributed by atoms with E-state index in [0.29, 0.717) is 30.6 Å². The van der Waals surface area contributed by atoms with E-state index in [9.17, 15) is 4.79 Å². The number of carbonyl (C=O) groups excluding carboxylic acids is 1. The highest BCUT2D eigenvalue weighted by atomic mass is 16.6. The minimum atomic E-state index is -0.446. The molecule has 5 nitrogen and oxygen atoms in total. The number of rotatable bonds is 5. The molecule has 0 saturated heterocycles. The van der Waals surface area contributed by atoms with Crippen molar-refractivity contribution in [3.63, 3.8) is 0 Å². The summed E-state index contributed by atoms with van der Waals surface area (Å²) in [6, 6.07) is 1.20. The molecule has 2 saturated carbocycles. The zero-order chi connectivity index (χ0) is 16.2. The lowest BCUT2D eigenvalue weighted by atomic mass is 9.81. The number of amides is 1. The van der Waals surface area contributed by atoms with Crippen molar-refractivity contribution < 1.29 is 9.53 Å². The minimum Gasteiger partial charge on any atom is -0.444 e. The van der Waals surface area contributed by atoms with E-state index in [4.69, 9.17) is 10.5 Å². The van der Waals surface area contributed by atoms with Crippen molar-refractivity contribution in [2.24, 2.45) is 11.7 Å². The molecule has 2 rings (SSSR count). The molecular weight excluding hydrogens is 278 g/mol. The van der Waals surface area contributed by atoms with Crippen molar-refractivity contribution in [2.45, 2.75) is 89.4 Å². The molecule has 128 valence electrons. The quantitative estimate of drug-likeness (QED) is 0.729. The van der Waals surface area contributed by atoms with Crippen LogP contribution in [0.3, 0.4) is 0 Å². The van der Waals surface area contributed by atoms with Gasteiger partial charge in [0.05, 0.1) is 0 Å². The molecule has 2 aliphatic rings. The Kier molecular flexibility index (Phi) is 6.09. The predicted molar refractivity (Wildman–Crippen MR) is 88.7 cm³/mol. The van der Waals surface area contributed by atoms with E-state index in [-0.39, 0.29) is 6.09 Å². The summed E-state index contributed by atoms with van der Waals surface area (Å²) in [5.41, 5.74) is 5.44. The predicted octanol–water partition coefficient (Wildman–Crippen LogP) is 2.54. The molecule has 0 aromatic heterocycles. The molecule has 5 heteroatoms. The summed E-state index contributed by atoms with van der Waals surface area (Å²) >= 11 is 0. The largest absolute Gasteiger partial charge is 0.444 e. The van der Waals surface area contributed by atoms with Crippen LogP contribution in [0, 0.1) is 5.92 Å². The maximum Gasteiger partial charge on any atom is 0.407 e. The molecule has 0 aliphatic heterocycles. The molecule has 0 aromatic rings. The van der Waals surface area contributed by atoms with Crippen LogP contribution >= 0.6 is 0 Å². The van der Waals surface area contributed by atoms with Gasteiger partial charge >= 0.3 is 6.09 Å². The zero-order valence-electron chi connectivity index (χ0n) is 14.4. The van der Waals surface area contributed by atoms with E-state index in [1.807, 2.05) is 20.8 Å². The van der Waals surface area contributed by atoms with Crippen molar-refractivity contribution in [1.82, 2.24) is 10.6 Å². The second kappa shape index (κ2) is 7.64. The van der Waals surface area contributed by atoms with Crippen molar-refractivity contribution in [2.75, 3.05) is 6.54 Å². The fourth-order valence-corrected chi connectivity index (χ4v) is 3.51. The van der Waals surface area contributed by atoms with Crippen LogP contribution in [0.25, 0.3) is 0 Å². The van der Waals surface area contributed by atoms with Gasteiger partial charge in [0.25, 0.3) is 0 Å². The van der Waals surface area contributed by atoms with Gasteiger partial charge in [-0.3, -0.25) is 0 Å². The Hall–Kier alpha value is -0.810. The van der Waals surface area contributed by atoms with Gasteiger partial charge in [-0.1, -0.05) is 19.3 Å². The van der Waals surface area contributed by atoms with Crippen molar-refractivity contribution in [3.05, 3.63) is 0 Å². The lowest BCUT2D eigenvalue weighted by Gasteiger charge is -2.40. The highest BCUT2D eigenvalue weighted by Gasteiger charge is 2.31. The Morgan fingerprint density at radius 3 is 2.41 bits per heavy atom. The van der Waals surface area contributed by atoms with Crippen LogP contribution in [-0.2, 0) is 4.74 Å². The van der Waals surface area contributed by atoms with E-state index in [1.165, 1.54) is 32.1 Å². The third-order valence-corrected chi connectivity index (χ3v) is 4.71. The summed E-state index contributed by atoms with van der Waals surface area (Å²) in [5, 5.41) is 6.67. The third-order valence-electron chi connectivity index (χ3n) is 4.71. The molecule has 4 N–H and O–H groups in total. The van der Waals surface area contributed by atoms with Crippen molar-refractivity contribution in [3.8, 4) is 0 Å². The number of nitrogens with two attached hydrogens (primary N) is 1. The lowest BCUT2D eigenvalue weighted by molar-refractivity contribution is 0.0511. The van der Waals surface area contributed by atoms with Crippen LogP contribution in [0.15, 0.2) is 0 Å². The van der Waals surface area contributed by atoms with Gasteiger partial charge in [0.1, 0.15) is 5.60 Å². The van der Waals surface area contributed by atoms with Gasteiger partial charge in [0.2, 0.25) is 0 Å². The van der Waals surface area contributed by atoms with Gasteiger partial charge in [-0.2, -0.15) is 0 Å². The molecule has 2 fully saturated rings. The first-order valence-electron chi connectivity index (χ1n) is 8.82. The van der Waals surface area contributed by atoms with Gasteiger partial charge in [-0.15, -0.1) is 0 Å². The van der Waals surface area contributed by atoms with E-state index >= 15 is 0 Å². The van der Waals surface area contributed by atoms with E-state index < -0.39 is 5.60 Å². The minimum absolute atomic E-state index is 0.319. The fourth-order valence-electron chi connectivity index (χ4n) is 3.51. The molecule has 2 aliphatic carbocycles. The lowest BCUT2D eigenvalue weighted by Crippen LogP contribution is -2.56. The number of ether oxygens (including phenoxy) is 1. The van der Waals surface area contributed by atoms with Gasteiger partial charge in [-0.05, 0) is 52.4 Å². The highest BCUT2D eigenvalue weighted by Crippen LogP contribution is 2.28. The monoisotopic (exact) mass is 311 g/mol. The fraction of sp³-hybridized carbons (Fsp3) is 0.941. The van der Waals surface area contributed by atoms with Gasteiger partial charge in [0.15, 0.2) is 0 Å². The standard InChI is InChI=1S/C17H33N3O2/c1-17(2,3)22-16(21)19-11-15(12-7-5-4-6-8-12)20-14-9-13(18)10-14/h12-15,20H,4-11,18H2,1-3H3,(H,19,21). The summed E-state index contributed by atoms with van der Waals surface area (Å²) < 4.78 is 5.34. The Balaban J connectivity index is 1.82. The Bertz CT molecular complexity index is 355. The number of nitrogens with one attached hydrogen (secondary N) is 2. The third kappa shape index (κ3) is 5.76. The molecule has 22 heavy (non-hydrogen) atoms. The average Bonchev–Trinajstić information content (AvgIpc) is 2.40. The molecule has 1 unspecified atom stereocenters. The molecular formula is C17H33N3O2. The van der Waals surface area contributed by atoms with Crippen LogP contribution in [0.5, 0.6) is 0 Å². The summed E-state index contributed by atoms with van der Waals surface area (Å²) in [7, 11) is 0. The van der Waals surface area contributed by atoms with Crippen LogP contribution in [0.1, 0.15) is 65.7 Å². The molecule has 0 bridgehead atoms. The average molecular weight is 311 g/mol. The summed E-state index contributed by atoms with van der Waals surface area (Å²) in [6.07, 6.45) is 8.25. The second-order valence-corrected chi connectivity index (χ2v) is 7.98. The highest BCUT2D eigenvalue weighted by molar-refractivity contribution is 5.67. The van der Waals surface area contributed by atoms with Gasteiger partial charge < -0.3 is 21.1 Å². The first-order valence-corrected chi connectivity index (χ1v) is 8.82. The number of alkyl carbamates (subject to hydrolysis) is 1. The van der Waals surface area contributed by atoms with Crippen LogP contribution in [0.2, 0.25) is 0 Å². The second-order valence-electron chi connectivity index (χ2n) is 7.98. The van der Waals surface area contributed by atoms with Gasteiger partial charge in [-0.25, -0.2) is 4.79 Å². The van der Waals surface area contributed by atoms with E-state index in [0.717, 1.165) is 12.8 Å². The smallest absolute Gasteiger partial charge is 0.407 e. The molecule has 0 aromatic carbocycles. The Morgan fingerprint density at radius 2 is 1.86 bits per heavy atom. The summed E-state index contributed by atoms with van der Waals surface area (Å²) in [6.45, 7) is 6.31. The number of hydrogen-bond acceptors (Lipinski definition) is 4. The van der Waals surface area contributed by atoms with Crippen molar-refractivity contribution >= 4 is 6.09 Å². The van der Waals surface area contributed by atoms with Crippen LogP contribution in [0.4, 0.5) is 4.79 Å². The topological polar surface area (TPSA) is 76.4 Å². The Morgan fingerprint density at radius 1 is 1.23 bits per heavy atom. The first kappa shape index (κ1) is 17.5. The SMILES string of the molecule is CC(C)(C)OC(=O)NCC(NC1CC(N)C1)C1CCCCC1. The Labute approximate surface area is 134 Å². The molecule has 0 heterocycles.